The molecule has 0 aliphatic carbocycles. The SMILES string of the molecule is O=C1OCCCC1N1C(=O)c2cccc3cccc(c23)C1=O. The summed E-state index contributed by atoms with van der Waals surface area (Å²) >= 11 is 0. The molecule has 1 fully saturated rings. The largest absolute Gasteiger partial charge is 0.464 e. The zero-order chi connectivity index (χ0) is 15.3. The summed E-state index contributed by atoms with van der Waals surface area (Å²) in [5.41, 5.74) is 0.928. The van der Waals surface area contributed by atoms with Crippen molar-refractivity contribution in [2.45, 2.75) is 18.9 Å². The lowest BCUT2D eigenvalue weighted by Crippen LogP contribution is -2.52. The predicted molar refractivity (Wildman–Crippen MR) is 78.4 cm³/mol. The Morgan fingerprint density at radius 1 is 0.955 bits per heavy atom. The fraction of sp³-hybridized carbons (Fsp3) is 0.235. The van der Waals surface area contributed by atoms with Gasteiger partial charge in [-0.1, -0.05) is 24.3 Å². The first-order valence-corrected chi connectivity index (χ1v) is 7.25. The van der Waals surface area contributed by atoms with Gasteiger partial charge in [0.1, 0.15) is 6.04 Å². The van der Waals surface area contributed by atoms with E-state index in [1.54, 1.807) is 24.3 Å². The number of carbonyl (C=O) groups is 3. The maximum Gasteiger partial charge on any atom is 0.329 e. The van der Waals surface area contributed by atoms with E-state index in [0.29, 0.717) is 36.0 Å². The minimum atomic E-state index is -0.822. The maximum absolute atomic E-state index is 12.8. The molecule has 1 saturated heterocycles. The van der Waals surface area contributed by atoms with Gasteiger partial charge in [0.15, 0.2) is 0 Å². The van der Waals surface area contributed by atoms with E-state index in [2.05, 4.69) is 0 Å². The number of esters is 1. The van der Waals surface area contributed by atoms with Gasteiger partial charge in [-0.15, -0.1) is 0 Å². The molecule has 0 spiro atoms. The topological polar surface area (TPSA) is 63.7 Å². The molecule has 22 heavy (non-hydrogen) atoms. The van der Waals surface area contributed by atoms with Crippen molar-refractivity contribution in [3.05, 3.63) is 47.5 Å². The Morgan fingerprint density at radius 2 is 1.59 bits per heavy atom. The second-order valence-electron chi connectivity index (χ2n) is 5.52. The molecule has 2 aromatic carbocycles. The molecule has 2 aromatic rings. The molecule has 0 radical (unpaired) electrons. The van der Waals surface area contributed by atoms with Gasteiger partial charge in [-0.2, -0.15) is 0 Å². The Balaban J connectivity index is 1.90. The first-order chi connectivity index (χ1) is 10.7. The quantitative estimate of drug-likeness (QED) is 0.597. The van der Waals surface area contributed by atoms with Gasteiger partial charge in [0.25, 0.3) is 11.8 Å². The van der Waals surface area contributed by atoms with Gasteiger partial charge in [-0.3, -0.25) is 14.5 Å². The molecular formula is C17H13NO4. The lowest BCUT2D eigenvalue weighted by atomic mass is 9.92. The first kappa shape index (κ1) is 13.0. The summed E-state index contributed by atoms with van der Waals surface area (Å²) in [5, 5.41) is 1.52. The number of cyclic esters (lactones) is 1. The number of carbonyl (C=O) groups excluding carboxylic acids is 3. The minimum Gasteiger partial charge on any atom is -0.464 e. The second-order valence-corrected chi connectivity index (χ2v) is 5.52. The number of hydrogen-bond acceptors (Lipinski definition) is 4. The Labute approximate surface area is 126 Å². The predicted octanol–water partition coefficient (Wildman–Crippen LogP) is 2.14. The van der Waals surface area contributed by atoms with Gasteiger partial charge < -0.3 is 4.74 Å². The third-order valence-corrected chi connectivity index (χ3v) is 4.25. The molecule has 110 valence electrons. The third kappa shape index (κ3) is 1.68. The van der Waals surface area contributed by atoms with Crippen molar-refractivity contribution in [3.8, 4) is 0 Å². The van der Waals surface area contributed by atoms with Gasteiger partial charge in [0, 0.05) is 16.5 Å². The van der Waals surface area contributed by atoms with E-state index in [4.69, 9.17) is 4.74 Å². The lowest BCUT2D eigenvalue weighted by molar-refractivity contribution is -0.152. The fourth-order valence-electron chi connectivity index (χ4n) is 3.23. The zero-order valence-corrected chi connectivity index (χ0v) is 11.7. The summed E-state index contributed by atoms with van der Waals surface area (Å²) in [6.45, 7) is 0.345. The molecule has 4 rings (SSSR count). The van der Waals surface area contributed by atoms with Crippen LogP contribution in [0, 0.1) is 0 Å². The van der Waals surface area contributed by atoms with E-state index in [1.807, 2.05) is 12.1 Å². The van der Waals surface area contributed by atoms with Gasteiger partial charge in [-0.25, -0.2) is 4.79 Å². The highest BCUT2D eigenvalue weighted by Gasteiger charge is 2.42. The molecule has 1 unspecified atom stereocenters. The van der Waals surface area contributed by atoms with Gasteiger partial charge in [0.05, 0.1) is 6.61 Å². The molecule has 5 nitrogen and oxygen atoms in total. The Morgan fingerprint density at radius 3 is 2.18 bits per heavy atom. The molecule has 1 atom stereocenters. The van der Waals surface area contributed by atoms with Crippen LogP contribution in [0.5, 0.6) is 0 Å². The van der Waals surface area contributed by atoms with Crippen molar-refractivity contribution in [2.24, 2.45) is 0 Å². The van der Waals surface area contributed by atoms with Crippen LogP contribution in [0.4, 0.5) is 0 Å². The number of hydrogen-bond donors (Lipinski definition) is 0. The summed E-state index contributed by atoms with van der Waals surface area (Å²) in [6.07, 6.45) is 1.10. The third-order valence-electron chi connectivity index (χ3n) is 4.25. The summed E-state index contributed by atoms with van der Waals surface area (Å²) in [7, 11) is 0. The van der Waals surface area contributed by atoms with Crippen LogP contribution in [0.25, 0.3) is 10.8 Å². The highest BCUT2D eigenvalue weighted by molar-refractivity contribution is 6.26. The summed E-state index contributed by atoms with van der Waals surface area (Å²) in [5.74, 6) is -1.34. The van der Waals surface area contributed by atoms with E-state index < -0.39 is 23.8 Å². The van der Waals surface area contributed by atoms with E-state index >= 15 is 0 Å². The van der Waals surface area contributed by atoms with E-state index in [9.17, 15) is 14.4 Å². The van der Waals surface area contributed by atoms with Crippen LogP contribution in [0.2, 0.25) is 0 Å². The second kappa shape index (κ2) is 4.66. The molecule has 2 aliphatic heterocycles. The van der Waals surface area contributed by atoms with Crippen LogP contribution < -0.4 is 0 Å². The molecule has 2 aliphatic rings. The smallest absolute Gasteiger partial charge is 0.329 e. The Bertz CT molecular complexity index is 776. The fourth-order valence-corrected chi connectivity index (χ4v) is 3.23. The molecule has 0 saturated carbocycles. The van der Waals surface area contributed by atoms with Crippen LogP contribution in [0.3, 0.4) is 0 Å². The highest BCUT2D eigenvalue weighted by atomic mass is 16.5. The standard InChI is InChI=1S/C17H13NO4/c19-15-11-6-1-4-10-5-2-7-12(14(10)11)16(20)18(15)13-8-3-9-22-17(13)21/h1-2,4-7,13H,3,8-9H2. The lowest BCUT2D eigenvalue weighted by Gasteiger charge is -2.34. The zero-order valence-electron chi connectivity index (χ0n) is 11.7. The van der Waals surface area contributed by atoms with Crippen molar-refractivity contribution < 1.29 is 19.1 Å². The molecule has 0 aromatic heterocycles. The molecule has 2 amide bonds. The maximum atomic E-state index is 12.8. The van der Waals surface area contributed by atoms with Crippen LogP contribution in [0.1, 0.15) is 33.6 Å². The molecular weight excluding hydrogens is 282 g/mol. The number of rotatable bonds is 1. The molecule has 0 N–H and O–H groups in total. The Kier molecular flexibility index (Phi) is 2.76. The van der Waals surface area contributed by atoms with E-state index in [-0.39, 0.29) is 0 Å². The van der Waals surface area contributed by atoms with Crippen molar-refractivity contribution in [3.63, 3.8) is 0 Å². The minimum absolute atomic E-state index is 0.345. The van der Waals surface area contributed by atoms with E-state index in [0.717, 1.165) is 10.3 Å². The summed E-state index contributed by atoms with van der Waals surface area (Å²) < 4.78 is 5.02. The van der Waals surface area contributed by atoms with Crippen LogP contribution in [-0.2, 0) is 9.53 Å². The number of benzene rings is 2. The normalized spacial score (nSPS) is 21.2. The van der Waals surface area contributed by atoms with Crippen molar-refractivity contribution >= 4 is 28.6 Å². The number of nitrogens with zero attached hydrogens (tertiary/aromatic N) is 1. The monoisotopic (exact) mass is 295 g/mol. The first-order valence-electron chi connectivity index (χ1n) is 7.25. The molecule has 0 bridgehead atoms. The highest BCUT2D eigenvalue weighted by Crippen LogP contribution is 2.32. The number of amides is 2. The van der Waals surface area contributed by atoms with Gasteiger partial charge in [-0.05, 0) is 30.4 Å². The van der Waals surface area contributed by atoms with Gasteiger partial charge in [0.2, 0.25) is 0 Å². The summed E-state index contributed by atoms with van der Waals surface area (Å²) in [6, 6.07) is 9.88. The number of imide groups is 1. The van der Waals surface area contributed by atoms with Gasteiger partial charge >= 0.3 is 5.97 Å². The van der Waals surface area contributed by atoms with Crippen molar-refractivity contribution in [1.82, 2.24) is 4.90 Å². The van der Waals surface area contributed by atoms with E-state index in [1.165, 1.54) is 0 Å². The van der Waals surface area contributed by atoms with Crippen molar-refractivity contribution in [2.75, 3.05) is 6.61 Å². The van der Waals surface area contributed by atoms with Crippen LogP contribution >= 0.6 is 0 Å². The number of ether oxygens (including phenoxy) is 1. The van der Waals surface area contributed by atoms with Crippen LogP contribution in [-0.4, -0.2) is 35.3 Å². The molecule has 2 heterocycles. The summed E-state index contributed by atoms with van der Waals surface area (Å²) in [4.78, 5) is 38.6. The average molecular weight is 295 g/mol. The molecule has 5 heteroatoms. The Hall–Kier alpha value is -2.69. The van der Waals surface area contributed by atoms with Crippen molar-refractivity contribution in [1.29, 1.82) is 0 Å². The van der Waals surface area contributed by atoms with Crippen LogP contribution in [0.15, 0.2) is 36.4 Å². The average Bonchev–Trinajstić information content (AvgIpc) is 2.54.